The lowest BCUT2D eigenvalue weighted by Crippen LogP contribution is -2.49. The Bertz CT molecular complexity index is 1760. The quantitative estimate of drug-likeness (QED) is 0.205. The van der Waals surface area contributed by atoms with Gasteiger partial charge in [0, 0.05) is 80.8 Å². The molecule has 2 aliphatic heterocycles. The van der Waals surface area contributed by atoms with Crippen LogP contribution in [-0.2, 0) is 16.0 Å². The third-order valence-electron chi connectivity index (χ3n) is 7.56. The highest BCUT2D eigenvalue weighted by molar-refractivity contribution is 7.13. The second-order valence-corrected chi connectivity index (χ2v) is 16.0. The van der Waals surface area contributed by atoms with Crippen molar-refractivity contribution in [1.29, 1.82) is 0 Å². The summed E-state index contributed by atoms with van der Waals surface area (Å²) in [5.41, 5.74) is 2.31. The van der Waals surface area contributed by atoms with Gasteiger partial charge in [-0.05, 0) is 90.1 Å². The molecule has 286 valence electrons. The van der Waals surface area contributed by atoms with Crippen LogP contribution in [0.2, 0.25) is 0 Å². The number of aromatic nitrogens is 2. The minimum absolute atomic E-state index is 0.200. The number of carbonyl (C=O) groups excluding carboxylic acids is 3. The van der Waals surface area contributed by atoms with Crippen LogP contribution in [0.3, 0.4) is 0 Å². The Labute approximate surface area is 317 Å². The van der Waals surface area contributed by atoms with Crippen LogP contribution >= 0.6 is 22.7 Å². The van der Waals surface area contributed by atoms with Gasteiger partial charge in [-0.1, -0.05) is 0 Å². The van der Waals surface area contributed by atoms with Gasteiger partial charge in [0.2, 0.25) is 0 Å². The van der Waals surface area contributed by atoms with Crippen LogP contribution in [0.1, 0.15) is 57.7 Å². The van der Waals surface area contributed by atoms with Crippen LogP contribution in [0, 0.1) is 11.6 Å². The van der Waals surface area contributed by atoms with E-state index in [4.69, 9.17) is 9.47 Å². The number of hydrogen-bond donors (Lipinski definition) is 1. The number of aldehydes is 1. The minimum atomic E-state index is -0.467. The summed E-state index contributed by atoms with van der Waals surface area (Å²) in [4.78, 5) is 48.5. The van der Waals surface area contributed by atoms with Crippen LogP contribution in [-0.4, -0.2) is 107 Å². The second kappa shape index (κ2) is 19.1. The van der Waals surface area contributed by atoms with Crippen LogP contribution in [0.15, 0.2) is 59.3 Å². The maximum atomic E-state index is 13.0. The van der Waals surface area contributed by atoms with Gasteiger partial charge in [-0.3, -0.25) is 9.69 Å². The smallest absolute Gasteiger partial charge is 0.410 e. The van der Waals surface area contributed by atoms with Crippen LogP contribution in [0.5, 0.6) is 0 Å². The molecule has 6 rings (SSSR count). The molecule has 1 N–H and O–H groups in total. The number of amides is 2. The lowest BCUT2D eigenvalue weighted by molar-refractivity contribution is 0.0137. The van der Waals surface area contributed by atoms with Crippen molar-refractivity contribution in [3.8, 4) is 21.1 Å². The van der Waals surface area contributed by atoms with Crippen molar-refractivity contribution in [3.63, 3.8) is 0 Å². The average molecular weight is 771 g/mol. The predicted molar refractivity (Wildman–Crippen MR) is 204 cm³/mol. The number of carbonyl (C=O) groups is 3. The molecule has 2 aromatic carbocycles. The molecule has 2 aliphatic rings. The first-order valence-corrected chi connectivity index (χ1v) is 19.1. The van der Waals surface area contributed by atoms with Gasteiger partial charge in [0.05, 0.1) is 5.69 Å². The topological polar surface area (TPSA) is 117 Å². The van der Waals surface area contributed by atoms with E-state index in [9.17, 15) is 23.2 Å². The number of ether oxygens (including phenoxy) is 2. The highest BCUT2D eigenvalue weighted by Gasteiger charge is 2.26. The van der Waals surface area contributed by atoms with Gasteiger partial charge in [-0.2, -0.15) is 0 Å². The zero-order chi connectivity index (χ0) is 38.6. The molecule has 0 unspecified atom stereocenters. The van der Waals surface area contributed by atoms with E-state index in [-0.39, 0.29) is 29.4 Å². The van der Waals surface area contributed by atoms with E-state index >= 15 is 0 Å². The molecule has 15 heteroatoms. The zero-order valence-corrected chi connectivity index (χ0v) is 32.7. The van der Waals surface area contributed by atoms with Gasteiger partial charge in [-0.25, -0.2) is 28.3 Å². The molecule has 2 amide bonds. The van der Waals surface area contributed by atoms with E-state index in [1.165, 1.54) is 35.6 Å². The fourth-order valence-electron chi connectivity index (χ4n) is 4.99. The Morgan fingerprint density at radius 2 is 1.17 bits per heavy atom. The van der Waals surface area contributed by atoms with Gasteiger partial charge in [0.1, 0.15) is 38.5 Å². The second-order valence-electron chi connectivity index (χ2n) is 14.3. The number of halogens is 2. The maximum Gasteiger partial charge on any atom is 0.410 e. The molecule has 2 aromatic heterocycles. The molecule has 4 aromatic rings. The van der Waals surface area contributed by atoms with Crippen LogP contribution in [0.25, 0.3) is 21.1 Å². The first kappa shape index (κ1) is 41.4. The molecule has 0 radical (unpaired) electrons. The largest absolute Gasteiger partial charge is 0.444 e. The summed E-state index contributed by atoms with van der Waals surface area (Å²) in [7, 11) is 0. The number of nitrogens with one attached hydrogen (secondary N) is 1. The van der Waals surface area contributed by atoms with Crippen LogP contribution in [0.4, 0.5) is 18.4 Å². The first-order valence-electron chi connectivity index (χ1n) is 17.3. The van der Waals surface area contributed by atoms with E-state index < -0.39 is 5.60 Å². The van der Waals surface area contributed by atoms with Crippen molar-refractivity contribution < 1.29 is 32.6 Å². The highest BCUT2D eigenvalue weighted by Crippen LogP contribution is 2.25. The van der Waals surface area contributed by atoms with Gasteiger partial charge >= 0.3 is 12.2 Å². The summed E-state index contributed by atoms with van der Waals surface area (Å²) >= 11 is 2.93. The first-order chi connectivity index (χ1) is 25.1. The van der Waals surface area contributed by atoms with Crippen molar-refractivity contribution in [2.45, 2.75) is 59.3 Å². The standard InChI is InChI=1S/C19H24FN3O2S.C10H6FNOS.C9H18N2O2/c1-19(2,3)25-18(24)23-10-8-22(9-11-23)12-16-13-26-17(21-16)14-4-6-15(20)7-5-14;11-8-3-1-7(2-4-8)10-12-9(5-13)6-14-10;1-9(2,3)13-8(12)11-6-4-10-5-7-11/h4-7,13H,8-12H2,1-3H3;1-6H;10H,4-7H2,1-3H3. The van der Waals surface area contributed by atoms with E-state index in [1.807, 2.05) is 46.9 Å². The van der Waals surface area contributed by atoms with E-state index in [2.05, 4.69) is 20.2 Å². The number of piperazine rings is 2. The molecule has 0 bridgehead atoms. The van der Waals surface area contributed by atoms with E-state index in [0.717, 1.165) is 72.6 Å². The maximum absolute atomic E-state index is 13.0. The number of hydrogen-bond acceptors (Lipinski definition) is 11. The molecule has 53 heavy (non-hydrogen) atoms. The molecule has 2 fully saturated rings. The molecule has 0 spiro atoms. The molecule has 2 saturated heterocycles. The summed E-state index contributed by atoms with van der Waals surface area (Å²) in [5.74, 6) is -0.519. The third-order valence-corrected chi connectivity index (χ3v) is 9.40. The number of nitrogens with zero attached hydrogens (tertiary/aromatic N) is 5. The number of benzene rings is 2. The van der Waals surface area contributed by atoms with Crippen molar-refractivity contribution in [1.82, 2.24) is 30.0 Å². The number of thiazole rings is 2. The van der Waals surface area contributed by atoms with E-state index in [0.29, 0.717) is 25.1 Å². The lowest BCUT2D eigenvalue weighted by Gasteiger charge is -2.35. The normalized spacial score (nSPS) is 15.0. The molecule has 0 saturated carbocycles. The lowest BCUT2D eigenvalue weighted by atomic mass is 10.2. The summed E-state index contributed by atoms with van der Waals surface area (Å²) in [6, 6.07) is 12.4. The SMILES string of the molecule is CC(C)(C)OC(=O)N1CCN(Cc2csc(-c3ccc(F)cc3)n2)CC1.CC(C)(C)OC(=O)N1CCNCC1.O=Cc1csc(-c2ccc(F)cc2)n1. The van der Waals surface area contributed by atoms with Crippen molar-refractivity contribution in [2.24, 2.45) is 0 Å². The third kappa shape index (κ3) is 14.2. The Morgan fingerprint density at radius 1 is 0.717 bits per heavy atom. The molecular weight excluding hydrogens is 723 g/mol. The van der Waals surface area contributed by atoms with Gasteiger partial charge in [0.15, 0.2) is 6.29 Å². The zero-order valence-electron chi connectivity index (χ0n) is 31.1. The Kier molecular flexibility index (Phi) is 15.0. The molecule has 0 aliphatic carbocycles. The Balaban J connectivity index is 0.000000196. The summed E-state index contributed by atoms with van der Waals surface area (Å²) in [6.45, 7) is 18.1. The van der Waals surface area contributed by atoms with Crippen LogP contribution < -0.4 is 5.32 Å². The van der Waals surface area contributed by atoms with Gasteiger partial charge in [-0.15, -0.1) is 22.7 Å². The fraction of sp³-hybridized carbons (Fsp3) is 0.447. The molecule has 11 nitrogen and oxygen atoms in total. The minimum Gasteiger partial charge on any atom is -0.444 e. The highest BCUT2D eigenvalue weighted by atomic mass is 32.1. The summed E-state index contributed by atoms with van der Waals surface area (Å²) < 4.78 is 36.3. The number of rotatable bonds is 5. The van der Waals surface area contributed by atoms with Crippen molar-refractivity contribution in [3.05, 3.63) is 82.3 Å². The summed E-state index contributed by atoms with van der Waals surface area (Å²) in [6.07, 6.45) is 0.252. The Hall–Kier alpha value is -4.31. The Morgan fingerprint density at radius 3 is 1.62 bits per heavy atom. The van der Waals surface area contributed by atoms with Crippen molar-refractivity contribution >= 4 is 41.1 Å². The fourth-order valence-corrected chi connectivity index (χ4v) is 6.58. The molecular formula is C38H48F2N6O5S2. The summed E-state index contributed by atoms with van der Waals surface area (Å²) in [5, 5.41) is 8.52. The molecule has 4 heterocycles. The van der Waals surface area contributed by atoms with Gasteiger partial charge in [0.25, 0.3) is 0 Å². The monoisotopic (exact) mass is 770 g/mol. The van der Waals surface area contributed by atoms with Gasteiger partial charge < -0.3 is 24.6 Å². The average Bonchev–Trinajstić information content (AvgIpc) is 3.79. The van der Waals surface area contributed by atoms with E-state index in [1.54, 1.807) is 50.8 Å². The molecule has 0 atom stereocenters. The predicted octanol–water partition coefficient (Wildman–Crippen LogP) is 7.59. The van der Waals surface area contributed by atoms with Crippen molar-refractivity contribution in [2.75, 3.05) is 52.4 Å².